The largest absolute Gasteiger partial charge is 0.487 e. The molecule has 0 radical (unpaired) electrons. The first kappa shape index (κ1) is 13.8. The Morgan fingerprint density at radius 3 is 2.89 bits per heavy atom. The molecule has 3 atom stereocenters. The van der Waals surface area contributed by atoms with Gasteiger partial charge in [0.2, 0.25) is 0 Å². The minimum Gasteiger partial charge on any atom is -0.487 e. The Kier molecular flexibility index (Phi) is 3.97. The number of ether oxygens (including phenoxy) is 1. The molecule has 0 amide bonds. The molecule has 2 rings (SSSR count). The number of hydrogen-bond donors (Lipinski definition) is 1. The maximum absolute atomic E-state index is 13.7. The summed E-state index contributed by atoms with van der Waals surface area (Å²) in [5.41, 5.74) is 0.0729. The third kappa shape index (κ3) is 2.28. The van der Waals surface area contributed by atoms with E-state index in [1.54, 1.807) is 12.1 Å². The molecule has 18 heavy (non-hydrogen) atoms. The van der Waals surface area contributed by atoms with Crippen molar-refractivity contribution in [3.63, 3.8) is 0 Å². The summed E-state index contributed by atoms with van der Waals surface area (Å²) in [6.07, 6.45) is 2.01. The van der Waals surface area contributed by atoms with Crippen LogP contribution < -0.4 is 10.1 Å². The lowest BCUT2D eigenvalue weighted by Gasteiger charge is -2.53. The van der Waals surface area contributed by atoms with Crippen LogP contribution in [-0.4, -0.2) is 19.2 Å². The van der Waals surface area contributed by atoms with Crippen molar-refractivity contribution < 1.29 is 9.13 Å². The minimum atomic E-state index is -0.301. The SMILES string of the molecule is CCC1(C)C(NC)CC1Oc1cc(Br)ccc1F. The van der Waals surface area contributed by atoms with Crippen LogP contribution in [0.1, 0.15) is 26.7 Å². The summed E-state index contributed by atoms with van der Waals surface area (Å²) >= 11 is 3.34. The van der Waals surface area contributed by atoms with E-state index < -0.39 is 0 Å². The molecule has 0 heterocycles. The molecular weight excluding hydrogens is 297 g/mol. The van der Waals surface area contributed by atoms with Gasteiger partial charge in [0, 0.05) is 22.4 Å². The first-order chi connectivity index (χ1) is 8.51. The Morgan fingerprint density at radius 2 is 2.28 bits per heavy atom. The fourth-order valence-electron chi connectivity index (χ4n) is 2.64. The zero-order chi connectivity index (χ0) is 13.3. The van der Waals surface area contributed by atoms with Gasteiger partial charge in [-0.25, -0.2) is 4.39 Å². The number of halogens is 2. The highest BCUT2D eigenvalue weighted by molar-refractivity contribution is 9.10. The first-order valence-corrected chi connectivity index (χ1v) is 7.09. The number of rotatable bonds is 4. The van der Waals surface area contributed by atoms with Gasteiger partial charge in [-0.3, -0.25) is 0 Å². The van der Waals surface area contributed by atoms with Gasteiger partial charge in [-0.05, 0) is 31.7 Å². The van der Waals surface area contributed by atoms with E-state index in [4.69, 9.17) is 4.74 Å². The van der Waals surface area contributed by atoms with Crippen LogP contribution in [-0.2, 0) is 0 Å². The molecule has 1 aliphatic rings. The van der Waals surface area contributed by atoms with Crippen molar-refractivity contribution in [3.05, 3.63) is 28.5 Å². The van der Waals surface area contributed by atoms with E-state index in [0.717, 1.165) is 17.3 Å². The molecule has 1 aromatic rings. The average molecular weight is 316 g/mol. The Labute approximate surface area is 116 Å². The van der Waals surface area contributed by atoms with Gasteiger partial charge in [-0.2, -0.15) is 0 Å². The van der Waals surface area contributed by atoms with E-state index in [1.807, 2.05) is 7.05 Å². The summed E-state index contributed by atoms with van der Waals surface area (Å²) in [6.45, 7) is 4.34. The molecule has 0 aromatic heterocycles. The predicted molar refractivity (Wildman–Crippen MR) is 74.4 cm³/mol. The fourth-order valence-corrected chi connectivity index (χ4v) is 2.98. The van der Waals surface area contributed by atoms with Crippen molar-refractivity contribution >= 4 is 15.9 Å². The molecule has 1 fully saturated rings. The molecule has 0 aliphatic heterocycles. The molecule has 4 heteroatoms. The molecule has 3 unspecified atom stereocenters. The van der Waals surface area contributed by atoms with Crippen molar-refractivity contribution in [1.82, 2.24) is 5.32 Å². The molecule has 100 valence electrons. The molecular formula is C14H19BrFNO. The molecule has 0 spiro atoms. The van der Waals surface area contributed by atoms with Crippen LogP contribution in [0.3, 0.4) is 0 Å². The Balaban J connectivity index is 2.13. The highest BCUT2D eigenvalue weighted by Crippen LogP contribution is 2.46. The van der Waals surface area contributed by atoms with Crippen LogP contribution in [0.4, 0.5) is 4.39 Å². The fraction of sp³-hybridized carbons (Fsp3) is 0.571. The van der Waals surface area contributed by atoms with Crippen molar-refractivity contribution in [2.45, 2.75) is 38.8 Å². The van der Waals surface area contributed by atoms with Gasteiger partial charge in [0.15, 0.2) is 11.6 Å². The maximum atomic E-state index is 13.7. The number of nitrogens with one attached hydrogen (secondary N) is 1. The van der Waals surface area contributed by atoms with Gasteiger partial charge >= 0.3 is 0 Å². The van der Waals surface area contributed by atoms with Gasteiger partial charge in [0.05, 0.1) is 0 Å². The van der Waals surface area contributed by atoms with Crippen molar-refractivity contribution in [1.29, 1.82) is 0 Å². The lowest BCUT2D eigenvalue weighted by atomic mass is 9.61. The topological polar surface area (TPSA) is 21.3 Å². The van der Waals surface area contributed by atoms with Crippen LogP contribution in [0, 0.1) is 11.2 Å². The molecule has 1 saturated carbocycles. The average Bonchev–Trinajstić information content (AvgIpc) is 2.36. The molecule has 1 N–H and O–H groups in total. The van der Waals surface area contributed by atoms with Gasteiger partial charge in [0.25, 0.3) is 0 Å². The Bertz CT molecular complexity index is 440. The summed E-state index contributed by atoms with van der Waals surface area (Å²) in [6, 6.07) is 5.25. The number of hydrogen-bond acceptors (Lipinski definition) is 2. The standard InChI is InChI=1S/C14H19BrFNO/c1-4-14(2)12(17-3)8-13(14)18-11-7-9(15)5-6-10(11)16/h5-7,12-13,17H,4,8H2,1-3H3. The Hall–Kier alpha value is -0.610. The molecule has 0 bridgehead atoms. The smallest absolute Gasteiger partial charge is 0.165 e. The predicted octanol–water partition coefficient (Wildman–Crippen LogP) is 3.74. The van der Waals surface area contributed by atoms with Crippen molar-refractivity contribution in [2.75, 3.05) is 7.05 Å². The summed E-state index contributed by atoms with van der Waals surface area (Å²) < 4.78 is 20.4. The van der Waals surface area contributed by atoms with E-state index >= 15 is 0 Å². The van der Waals surface area contributed by atoms with Crippen LogP contribution >= 0.6 is 15.9 Å². The zero-order valence-corrected chi connectivity index (χ0v) is 12.6. The van der Waals surface area contributed by atoms with Crippen LogP contribution in [0.15, 0.2) is 22.7 Å². The van der Waals surface area contributed by atoms with E-state index in [1.165, 1.54) is 6.07 Å². The molecule has 1 aromatic carbocycles. The molecule has 2 nitrogen and oxygen atoms in total. The van der Waals surface area contributed by atoms with Crippen molar-refractivity contribution in [3.8, 4) is 5.75 Å². The molecule has 1 aliphatic carbocycles. The second-order valence-corrected chi connectivity index (χ2v) is 6.03. The van der Waals surface area contributed by atoms with E-state index in [9.17, 15) is 4.39 Å². The van der Waals surface area contributed by atoms with Crippen LogP contribution in [0.25, 0.3) is 0 Å². The summed E-state index contributed by atoms with van der Waals surface area (Å²) in [7, 11) is 1.97. The van der Waals surface area contributed by atoms with Crippen LogP contribution in [0.2, 0.25) is 0 Å². The van der Waals surface area contributed by atoms with Gasteiger partial charge < -0.3 is 10.1 Å². The van der Waals surface area contributed by atoms with Gasteiger partial charge in [-0.15, -0.1) is 0 Å². The molecule has 0 saturated heterocycles. The van der Waals surface area contributed by atoms with E-state index in [0.29, 0.717) is 11.8 Å². The Morgan fingerprint density at radius 1 is 1.56 bits per heavy atom. The normalized spacial score (nSPS) is 30.9. The van der Waals surface area contributed by atoms with Gasteiger partial charge in [-0.1, -0.05) is 29.8 Å². The maximum Gasteiger partial charge on any atom is 0.165 e. The van der Waals surface area contributed by atoms with Gasteiger partial charge in [0.1, 0.15) is 6.10 Å². The monoisotopic (exact) mass is 315 g/mol. The lowest BCUT2D eigenvalue weighted by molar-refractivity contribution is -0.0693. The third-order valence-corrected chi connectivity index (χ3v) is 4.75. The lowest BCUT2D eigenvalue weighted by Crippen LogP contribution is -2.62. The number of benzene rings is 1. The second kappa shape index (κ2) is 5.17. The summed E-state index contributed by atoms with van der Waals surface area (Å²) in [5.74, 6) is 0.0353. The third-order valence-electron chi connectivity index (χ3n) is 4.25. The quantitative estimate of drug-likeness (QED) is 0.913. The summed E-state index contributed by atoms with van der Waals surface area (Å²) in [4.78, 5) is 0. The minimum absolute atomic E-state index is 0.0729. The van der Waals surface area contributed by atoms with E-state index in [2.05, 4.69) is 35.1 Å². The van der Waals surface area contributed by atoms with E-state index in [-0.39, 0.29) is 17.3 Å². The van der Waals surface area contributed by atoms with Crippen molar-refractivity contribution in [2.24, 2.45) is 5.41 Å². The zero-order valence-electron chi connectivity index (χ0n) is 11.0. The highest BCUT2D eigenvalue weighted by Gasteiger charge is 2.51. The van der Waals surface area contributed by atoms with Crippen LogP contribution in [0.5, 0.6) is 5.75 Å². The highest BCUT2D eigenvalue weighted by atomic mass is 79.9. The second-order valence-electron chi connectivity index (χ2n) is 5.12. The first-order valence-electron chi connectivity index (χ1n) is 6.30. The summed E-state index contributed by atoms with van der Waals surface area (Å²) in [5, 5.41) is 3.30.